The summed E-state index contributed by atoms with van der Waals surface area (Å²) in [6.07, 6.45) is 0. The van der Waals surface area contributed by atoms with Gasteiger partial charge in [-0.15, -0.1) is 5.10 Å². The molecular formula is C33H25BrN4. The second kappa shape index (κ2) is 10.2. The molecule has 0 N–H and O–H groups in total. The Labute approximate surface area is 230 Å². The zero-order chi connectivity index (χ0) is 26.0. The van der Waals surface area contributed by atoms with E-state index < -0.39 is 5.54 Å². The average Bonchev–Trinajstić information content (AvgIpc) is 3.45. The van der Waals surface area contributed by atoms with Crippen molar-refractivity contribution in [2.45, 2.75) is 12.5 Å². The Hall–Kier alpha value is -4.35. The highest BCUT2D eigenvalue weighted by Gasteiger charge is 2.42. The maximum Gasteiger partial charge on any atom is 0.184 e. The zero-order valence-corrected chi connectivity index (χ0v) is 22.5. The molecule has 0 aliphatic rings. The van der Waals surface area contributed by atoms with Crippen LogP contribution >= 0.6 is 15.9 Å². The first-order valence-corrected chi connectivity index (χ1v) is 13.3. The lowest BCUT2D eigenvalue weighted by molar-refractivity contribution is 0.451. The lowest BCUT2D eigenvalue weighted by Gasteiger charge is -2.36. The molecule has 0 bridgehead atoms. The molecule has 0 aliphatic heterocycles. The Morgan fingerprint density at radius 1 is 0.605 bits per heavy atom. The van der Waals surface area contributed by atoms with Gasteiger partial charge in [0.15, 0.2) is 5.82 Å². The number of halogens is 1. The number of rotatable bonds is 6. The molecular weight excluding hydrogens is 532 g/mol. The Bertz CT molecular complexity index is 1570. The van der Waals surface area contributed by atoms with E-state index in [2.05, 4.69) is 148 Å². The lowest BCUT2D eigenvalue weighted by atomic mass is 9.76. The molecule has 38 heavy (non-hydrogen) atoms. The SMILES string of the molecule is Cc1cccc(-c2ccc(Br)cc2)c1-c1nnnn1C(c1ccccc1)(c1ccccc1)c1ccccc1. The first-order valence-electron chi connectivity index (χ1n) is 12.5. The fourth-order valence-corrected chi connectivity index (χ4v) is 5.57. The quantitative estimate of drug-likeness (QED) is 0.196. The molecule has 184 valence electrons. The first-order chi connectivity index (χ1) is 18.7. The number of hydrogen-bond acceptors (Lipinski definition) is 3. The second-order valence-corrected chi connectivity index (χ2v) is 10.1. The van der Waals surface area contributed by atoms with Crippen LogP contribution in [0.1, 0.15) is 22.3 Å². The van der Waals surface area contributed by atoms with Crippen molar-refractivity contribution < 1.29 is 0 Å². The summed E-state index contributed by atoms with van der Waals surface area (Å²) in [7, 11) is 0. The summed E-state index contributed by atoms with van der Waals surface area (Å²) in [6.45, 7) is 2.12. The Morgan fingerprint density at radius 2 is 1.13 bits per heavy atom. The fraction of sp³-hybridized carbons (Fsp3) is 0.0606. The van der Waals surface area contributed by atoms with Crippen molar-refractivity contribution in [1.29, 1.82) is 0 Å². The van der Waals surface area contributed by atoms with E-state index in [1.54, 1.807) is 0 Å². The van der Waals surface area contributed by atoms with Crippen molar-refractivity contribution >= 4 is 15.9 Å². The molecule has 6 rings (SSSR count). The molecule has 0 radical (unpaired) electrons. The van der Waals surface area contributed by atoms with E-state index in [0.717, 1.165) is 43.4 Å². The van der Waals surface area contributed by atoms with Crippen LogP contribution in [0.4, 0.5) is 0 Å². The molecule has 0 saturated heterocycles. The van der Waals surface area contributed by atoms with Gasteiger partial charge in [-0.05, 0) is 62.9 Å². The van der Waals surface area contributed by atoms with Gasteiger partial charge < -0.3 is 0 Å². The van der Waals surface area contributed by atoms with Crippen molar-refractivity contribution in [2.75, 3.05) is 0 Å². The highest BCUT2D eigenvalue weighted by atomic mass is 79.9. The maximum absolute atomic E-state index is 4.73. The third kappa shape index (κ3) is 4.05. The molecule has 0 aliphatic carbocycles. The van der Waals surface area contributed by atoms with Crippen LogP contribution in [-0.2, 0) is 5.54 Å². The summed E-state index contributed by atoms with van der Waals surface area (Å²) in [5.74, 6) is 0.706. The molecule has 0 saturated carbocycles. The molecule has 6 aromatic rings. The van der Waals surface area contributed by atoms with Crippen LogP contribution in [-0.4, -0.2) is 20.2 Å². The summed E-state index contributed by atoms with van der Waals surface area (Å²) in [5, 5.41) is 13.7. The topological polar surface area (TPSA) is 43.6 Å². The molecule has 4 nitrogen and oxygen atoms in total. The summed E-state index contributed by atoms with van der Waals surface area (Å²) < 4.78 is 3.04. The normalized spacial score (nSPS) is 11.4. The molecule has 1 heterocycles. The number of hydrogen-bond donors (Lipinski definition) is 0. The maximum atomic E-state index is 4.73. The van der Waals surface area contributed by atoms with Crippen LogP contribution in [0.25, 0.3) is 22.5 Å². The van der Waals surface area contributed by atoms with Crippen LogP contribution in [0.5, 0.6) is 0 Å². The largest absolute Gasteiger partial charge is 0.205 e. The van der Waals surface area contributed by atoms with E-state index in [-0.39, 0.29) is 0 Å². The van der Waals surface area contributed by atoms with Crippen LogP contribution in [0.3, 0.4) is 0 Å². The third-order valence-electron chi connectivity index (χ3n) is 7.01. The van der Waals surface area contributed by atoms with Crippen LogP contribution < -0.4 is 0 Å². The van der Waals surface area contributed by atoms with Crippen LogP contribution in [0.15, 0.2) is 138 Å². The van der Waals surface area contributed by atoms with Gasteiger partial charge >= 0.3 is 0 Å². The Balaban J connectivity index is 1.71. The van der Waals surface area contributed by atoms with E-state index in [1.807, 2.05) is 22.9 Å². The molecule has 1 aromatic heterocycles. The minimum atomic E-state index is -0.804. The van der Waals surface area contributed by atoms with Crippen molar-refractivity contribution in [3.63, 3.8) is 0 Å². The van der Waals surface area contributed by atoms with E-state index in [4.69, 9.17) is 5.21 Å². The fourth-order valence-electron chi connectivity index (χ4n) is 5.31. The van der Waals surface area contributed by atoms with Gasteiger partial charge in [-0.2, -0.15) is 0 Å². The van der Waals surface area contributed by atoms with Gasteiger partial charge in [0.1, 0.15) is 5.54 Å². The Morgan fingerprint density at radius 3 is 1.66 bits per heavy atom. The molecule has 0 atom stereocenters. The third-order valence-corrected chi connectivity index (χ3v) is 7.54. The zero-order valence-electron chi connectivity index (χ0n) is 20.9. The van der Waals surface area contributed by atoms with E-state index >= 15 is 0 Å². The molecule has 5 heteroatoms. The molecule has 0 spiro atoms. The molecule has 0 amide bonds. The highest BCUT2D eigenvalue weighted by Crippen LogP contribution is 2.44. The number of tetrazole rings is 1. The minimum absolute atomic E-state index is 0.706. The van der Waals surface area contributed by atoms with E-state index in [0.29, 0.717) is 5.82 Å². The summed E-state index contributed by atoms with van der Waals surface area (Å²) in [4.78, 5) is 0. The van der Waals surface area contributed by atoms with Crippen LogP contribution in [0.2, 0.25) is 0 Å². The number of benzene rings is 5. The monoisotopic (exact) mass is 556 g/mol. The number of aromatic nitrogens is 4. The van der Waals surface area contributed by atoms with Crippen molar-refractivity contribution in [3.8, 4) is 22.5 Å². The Kier molecular flexibility index (Phi) is 6.44. The van der Waals surface area contributed by atoms with E-state index in [9.17, 15) is 0 Å². The van der Waals surface area contributed by atoms with Gasteiger partial charge in [0, 0.05) is 10.0 Å². The summed E-state index contributed by atoms with van der Waals surface area (Å²) in [6, 6.07) is 46.2. The predicted molar refractivity (Wildman–Crippen MR) is 156 cm³/mol. The number of aryl methyl sites for hydroxylation is 1. The van der Waals surface area contributed by atoms with Gasteiger partial charge in [0.25, 0.3) is 0 Å². The van der Waals surface area contributed by atoms with Crippen molar-refractivity contribution in [3.05, 3.63) is 160 Å². The van der Waals surface area contributed by atoms with Gasteiger partial charge in [-0.25, -0.2) is 4.68 Å². The van der Waals surface area contributed by atoms with Gasteiger partial charge in [0.2, 0.25) is 0 Å². The molecule has 0 fully saturated rings. The lowest BCUT2D eigenvalue weighted by Crippen LogP contribution is -2.39. The van der Waals surface area contributed by atoms with Crippen molar-refractivity contribution in [2.24, 2.45) is 0 Å². The predicted octanol–water partition coefficient (Wildman–Crippen LogP) is 7.92. The minimum Gasteiger partial charge on any atom is -0.205 e. The summed E-state index contributed by atoms with van der Waals surface area (Å²) in [5.41, 5.74) is 6.71. The molecule has 5 aromatic carbocycles. The number of nitrogens with zero attached hydrogens (tertiary/aromatic N) is 4. The van der Waals surface area contributed by atoms with Crippen LogP contribution in [0, 0.1) is 6.92 Å². The smallest absolute Gasteiger partial charge is 0.184 e. The van der Waals surface area contributed by atoms with E-state index in [1.165, 1.54) is 0 Å². The van der Waals surface area contributed by atoms with Gasteiger partial charge in [-0.3, -0.25) is 0 Å². The van der Waals surface area contributed by atoms with Gasteiger partial charge in [0.05, 0.1) is 0 Å². The molecule has 0 unspecified atom stereocenters. The van der Waals surface area contributed by atoms with Gasteiger partial charge in [-0.1, -0.05) is 137 Å². The highest BCUT2D eigenvalue weighted by molar-refractivity contribution is 9.10. The standard InChI is InChI=1S/C33H25BrN4/c1-24-12-11-19-30(25-20-22-29(34)23-21-25)31(24)32-35-36-37-38(32)33(26-13-5-2-6-14-26,27-15-7-3-8-16-27)28-17-9-4-10-18-28/h2-23H,1H3. The summed E-state index contributed by atoms with van der Waals surface area (Å²) >= 11 is 3.57. The van der Waals surface area contributed by atoms with Crippen molar-refractivity contribution in [1.82, 2.24) is 20.2 Å². The average molecular weight is 557 g/mol. The second-order valence-electron chi connectivity index (χ2n) is 9.23. The first kappa shape index (κ1) is 24.0.